The van der Waals surface area contributed by atoms with Crippen molar-refractivity contribution in [3.05, 3.63) is 110 Å². The number of ether oxygens (including phenoxy) is 2. The highest BCUT2D eigenvalue weighted by Crippen LogP contribution is 2.28. The molecule has 0 unspecified atom stereocenters. The van der Waals surface area contributed by atoms with E-state index in [1.54, 1.807) is 13.0 Å². The Morgan fingerprint density at radius 1 is 0.776 bits per heavy atom. The number of aromatic amines is 2. The number of carbonyl (C=O) groups is 4. The van der Waals surface area contributed by atoms with Crippen LogP contribution in [0.5, 0.6) is 0 Å². The summed E-state index contributed by atoms with van der Waals surface area (Å²) in [5.41, 5.74) is 9.12. The number of hydrogen-bond acceptors (Lipinski definition) is 6. The van der Waals surface area contributed by atoms with E-state index in [1.165, 1.54) is 12.2 Å². The zero-order valence-corrected chi connectivity index (χ0v) is 28.9. The van der Waals surface area contributed by atoms with Crippen LogP contribution in [0.4, 0.5) is 0 Å². The second-order valence-corrected chi connectivity index (χ2v) is 11.9. The molecule has 0 saturated carbocycles. The molecule has 0 aromatic carbocycles. The molecule has 2 aromatic rings. The molecule has 0 saturated heterocycles. The molecule has 2 amide bonds. The van der Waals surface area contributed by atoms with Gasteiger partial charge in [0, 0.05) is 51.6 Å². The lowest BCUT2D eigenvalue weighted by Crippen LogP contribution is -2.15. The first-order chi connectivity index (χ1) is 23.4. The maximum atomic E-state index is 12.5. The molecule has 10 heteroatoms. The fourth-order valence-electron chi connectivity index (χ4n) is 5.98. The van der Waals surface area contributed by atoms with Crippen molar-refractivity contribution in [2.75, 3.05) is 13.2 Å². The van der Waals surface area contributed by atoms with Gasteiger partial charge in [0.25, 0.3) is 11.8 Å². The third-order valence-corrected chi connectivity index (χ3v) is 8.80. The van der Waals surface area contributed by atoms with Gasteiger partial charge in [0.1, 0.15) is 13.2 Å². The van der Waals surface area contributed by atoms with Gasteiger partial charge in [-0.3, -0.25) is 19.2 Å². The minimum atomic E-state index is -0.352. The third-order valence-electron chi connectivity index (χ3n) is 8.80. The molecule has 0 aliphatic carbocycles. The van der Waals surface area contributed by atoms with Crippen LogP contribution in [-0.4, -0.2) is 52.6 Å². The van der Waals surface area contributed by atoms with Crippen LogP contribution in [0.2, 0.25) is 0 Å². The maximum Gasteiger partial charge on any atom is 0.306 e. The molecule has 4 rings (SSSR count). The summed E-state index contributed by atoms with van der Waals surface area (Å²) in [5, 5.41) is 4.41. The van der Waals surface area contributed by atoms with E-state index in [-0.39, 0.29) is 49.8 Å². The van der Waals surface area contributed by atoms with Crippen molar-refractivity contribution in [2.24, 2.45) is 4.99 Å². The summed E-state index contributed by atoms with van der Waals surface area (Å²) in [6, 6.07) is 0. The molecule has 2 aliphatic heterocycles. The summed E-state index contributed by atoms with van der Waals surface area (Å²) in [5.74, 6) is -1.11. The monoisotopic (exact) mass is 664 g/mol. The first-order valence-corrected chi connectivity index (χ1v) is 16.3. The molecule has 3 N–H and O–H groups in total. The Morgan fingerprint density at radius 3 is 1.98 bits per heavy atom. The second kappa shape index (κ2) is 16.1. The average Bonchev–Trinajstić information content (AvgIpc) is 3.72. The number of rotatable bonds is 15. The van der Waals surface area contributed by atoms with Crippen molar-refractivity contribution in [1.29, 1.82) is 0 Å². The maximum absolute atomic E-state index is 12.5. The van der Waals surface area contributed by atoms with E-state index in [2.05, 4.69) is 40.0 Å². The van der Waals surface area contributed by atoms with Crippen molar-refractivity contribution in [3.63, 3.8) is 0 Å². The molecule has 0 bridgehead atoms. The number of H-pyrrole nitrogens is 2. The lowest BCUT2D eigenvalue weighted by Gasteiger charge is -2.05. The fourth-order valence-corrected chi connectivity index (χ4v) is 5.98. The fraction of sp³-hybridized carbons (Fsp3) is 0.308. The molecular formula is C39H44N4O6. The summed E-state index contributed by atoms with van der Waals surface area (Å²) >= 11 is 0. The van der Waals surface area contributed by atoms with E-state index < -0.39 is 0 Å². The number of aliphatic imine (C=N–C) groups is 1. The van der Waals surface area contributed by atoms with Crippen LogP contribution in [0, 0.1) is 13.8 Å². The molecule has 4 heterocycles. The van der Waals surface area contributed by atoms with Crippen LogP contribution in [0.1, 0.15) is 73.7 Å². The Kier molecular flexibility index (Phi) is 11.9. The van der Waals surface area contributed by atoms with Crippen LogP contribution in [0.25, 0.3) is 18.2 Å². The topological polar surface area (TPSA) is 143 Å². The van der Waals surface area contributed by atoms with Gasteiger partial charge in [-0.15, -0.1) is 0 Å². The van der Waals surface area contributed by atoms with E-state index >= 15 is 0 Å². The van der Waals surface area contributed by atoms with Crippen LogP contribution in [0.15, 0.2) is 70.9 Å². The number of aromatic nitrogens is 2. The van der Waals surface area contributed by atoms with Crippen LogP contribution < -0.4 is 16.0 Å². The van der Waals surface area contributed by atoms with Crippen molar-refractivity contribution in [1.82, 2.24) is 15.3 Å². The minimum Gasteiger partial charge on any atom is -0.461 e. The van der Waals surface area contributed by atoms with Crippen LogP contribution >= 0.6 is 0 Å². The van der Waals surface area contributed by atoms with Gasteiger partial charge >= 0.3 is 11.9 Å². The van der Waals surface area contributed by atoms with Crippen molar-refractivity contribution < 1.29 is 28.7 Å². The summed E-state index contributed by atoms with van der Waals surface area (Å²) < 4.78 is 10.5. The Hall–Kier alpha value is -5.51. The number of allylic oxidation sites excluding steroid dienone is 2. The summed E-state index contributed by atoms with van der Waals surface area (Å²) in [6.45, 7) is 20.8. The number of nitrogens with one attached hydrogen (secondary N) is 3. The zero-order chi connectivity index (χ0) is 35.8. The van der Waals surface area contributed by atoms with Gasteiger partial charge < -0.3 is 24.8 Å². The van der Waals surface area contributed by atoms with Gasteiger partial charge in [0.15, 0.2) is 0 Å². The minimum absolute atomic E-state index is 0.127. The van der Waals surface area contributed by atoms with E-state index in [0.29, 0.717) is 47.4 Å². The Labute approximate surface area is 286 Å². The average molecular weight is 665 g/mol. The van der Waals surface area contributed by atoms with Crippen molar-refractivity contribution >= 4 is 47.7 Å². The highest BCUT2D eigenvalue weighted by Gasteiger charge is 2.24. The van der Waals surface area contributed by atoms with Gasteiger partial charge in [-0.1, -0.05) is 44.9 Å². The van der Waals surface area contributed by atoms with Crippen molar-refractivity contribution in [2.45, 2.75) is 66.7 Å². The van der Waals surface area contributed by atoms with E-state index in [9.17, 15) is 19.2 Å². The number of esters is 2. The second-order valence-electron chi connectivity index (χ2n) is 11.9. The van der Waals surface area contributed by atoms with Crippen LogP contribution in [0.3, 0.4) is 0 Å². The number of hydrogen-bond donors (Lipinski definition) is 3. The van der Waals surface area contributed by atoms with Gasteiger partial charge in [0.2, 0.25) is 0 Å². The van der Waals surface area contributed by atoms with Gasteiger partial charge in [-0.25, -0.2) is 4.99 Å². The van der Waals surface area contributed by atoms with Crippen molar-refractivity contribution in [3.8, 4) is 0 Å². The molecule has 0 radical (unpaired) electrons. The van der Waals surface area contributed by atoms with Crippen LogP contribution in [-0.2, 0) is 41.5 Å². The Balaban J connectivity index is 1.89. The third kappa shape index (κ3) is 8.14. The van der Waals surface area contributed by atoms with Gasteiger partial charge in [-0.2, -0.15) is 0 Å². The number of amides is 2. The van der Waals surface area contributed by atoms with E-state index in [0.717, 1.165) is 49.9 Å². The molecule has 256 valence electrons. The molecule has 0 atom stereocenters. The normalized spacial score (nSPS) is 16.1. The summed E-state index contributed by atoms with van der Waals surface area (Å²) in [7, 11) is 0. The van der Waals surface area contributed by atoms with Gasteiger partial charge in [0.05, 0.1) is 11.4 Å². The predicted molar refractivity (Wildman–Crippen MR) is 192 cm³/mol. The Bertz CT molecular complexity index is 1990. The number of nitrogens with zero attached hydrogens (tertiary/aromatic N) is 1. The molecular weight excluding hydrogens is 620 g/mol. The Morgan fingerprint density at radius 2 is 1.41 bits per heavy atom. The lowest BCUT2D eigenvalue weighted by molar-refractivity contribution is -0.143. The first-order valence-electron chi connectivity index (χ1n) is 16.3. The zero-order valence-electron chi connectivity index (χ0n) is 28.9. The highest BCUT2D eigenvalue weighted by atomic mass is 16.5. The summed E-state index contributed by atoms with van der Waals surface area (Å²) in [4.78, 5) is 61.2. The predicted octanol–water partition coefficient (Wildman–Crippen LogP) is 4.57. The largest absolute Gasteiger partial charge is 0.461 e. The highest BCUT2D eigenvalue weighted by molar-refractivity contribution is 6.30. The number of carbonyl (C=O) groups excluding carboxylic acids is 4. The lowest BCUT2D eigenvalue weighted by atomic mass is 10.0. The molecule has 0 fully saturated rings. The molecule has 49 heavy (non-hydrogen) atoms. The van der Waals surface area contributed by atoms with Gasteiger partial charge in [-0.05, 0) is 93.0 Å². The molecule has 10 nitrogen and oxygen atoms in total. The first kappa shape index (κ1) is 36.3. The molecule has 0 spiro atoms. The quantitative estimate of drug-likeness (QED) is 0.188. The smallest absolute Gasteiger partial charge is 0.306 e. The summed E-state index contributed by atoms with van der Waals surface area (Å²) in [6.07, 6.45) is 12.0. The molecule has 2 aromatic heterocycles. The van der Waals surface area contributed by atoms with E-state index in [4.69, 9.17) is 9.47 Å². The standard InChI is InChI=1S/C39H44N4O6/c1-9-17-48-36(44)15-13-28-23(6)30(19-32-22(5)27(12-4)39(47)42-32)40-34(28)21-35-29(14-16-37(45)49-18-10-2)24(7)31(41-35)20-33-26(11-3)25(8)38(46)43-33/h9-11,19-21,40-41H,1-3,12-18H2,4-8H3,(H,43,46)/b30-19-,33-20-,34-21-. The molecule has 2 aliphatic rings. The van der Waals surface area contributed by atoms with E-state index in [1.807, 2.05) is 45.9 Å². The SMILES string of the molecule is C=CCOC(=O)CCc1c(/C=c2\[nH]/c(=C\C3=NC(=O)C(CC)=C3C)c(C)c2CCC(=O)OCC=C)[nH]c(/C=C2\NC(=O)C(C)=C2C=C)c1C.